The molecule has 1 fully saturated rings. The van der Waals surface area contributed by atoms with Gasteiger partial charge in [0.2, 0.25) is 0 Å². The highest BCUT2D eigenvalue weighted by Gasteiger charge is 2.46. The molecule has 1 atom stereocenters. The molecule has 1 saturated heterocycles. The van der Waals surface area contributed by atoms with E-state index in [-0.39, 0.29) is 12.4 Å². The lowest BCUT2D eigenvalue weighted by molar-refractivity contribution is -0.104. The van der Waals surface area contributed by atoms with Crippen LogP contribution in [0.15, 0.2) is 24.3 Å². The first-order valence-electron chi connectivity index (χ1n) is 5.57. The van der Waals surface area contributed by atoms with Crippen molar-refractivity contribution in [3.05, 3.63) is 29.8 Å². The second-order valence-electron chi connectivity index (χ2n) is 3.92. The van der Waals surface area contributed by atoms with Gasteiger partial charge in [-0.1, -0.05) is 12.1 Å². The Morgan fingerprint density at radius 1 is 1.53 bits per heavy atom. The summed E-state index contributed by atoms with van der Waals surface area (Å²) in [6.07, 6.45) is -0.840. The van der Waals surface area contributed by atoms with Gasteiger partial charge in [-0.3, -0.25) is 0 Å². The third-order valence-electron chi connectivity index (χ3n) is 2.58. The Hall–Kier alpha value is -1.56. The summed E-state index contributed by atoms with van der Waals surface area (Å²) < 4.78 is 36.9. The van der Waals surface area contributed by atoms with Crippen LogP contribution in [0, 0.1) is 0 Å². The first-order valence-corrected chi connectivity index (χ1v) is 5.57. The predicted octanol–water partition coefficient (Wildman–Crippen LogP) is 2.92. The number of alkyl carbamates (subject to hydrolysis) is 1. The van der Waals surface area contributed by atoms with Crippen LogP contribution in [-0.4, -0.2) is 25.2 Å². The van der Waals surface area contributed by atoms with Crippen LogP contribution in [0.25, 0.3) is 0 Å². The van der Waals surface area contributed by atoms with E-state index in [1.54, 1.807) is 19.1 Å². The van der Waals surface area contributed by atoms with Gasteiger partial charge in [-0.15, -0.1) is 12.4 Å². The Balaban J connectivity index is 0.00000180. The minimum absolute atomic E-state index is 0. The molecule has 7 heteroatoms. The van der Waals surface area contributed by atoms with Crippen LogP contribution < -0.4 is 10.1 Å². The first kappa shape index (κ1) is 15.5. The molecular formula is C12H14ClF2NO3. The number of hydrogen-bond donors (Lipinski definition) is 1. The molecule has 1 aromatic rings. The van der Waals surface area contributed by atoms with Crippen molar-refractivity contribution in [2.24, 2.45) is 0 Å². The molecule has 1 aliphatic rings. The molecule has 2 rings (SSSR count). The Labute approximate surface area is 115 Å². The van der Waals surface area contributed by atoms with Crippen LogP contribution in [0.1, 0.15) is 18.5 Å². The average molecular weight is 294 g/mol. The Bertz CT molecular complexity index is 456. The lowest BCUT2D eigenvalue weighted by Gasteiger charge is -2.31. The van der Waals surface area contributed by atoms with Gasteiger partial charge in [0.05, 0.1) is 6.61 Å². The van der Waals surface area contributed by atoms with Gasteiger partial charge in [0.15, 0.2) is 6.61 Å². The summed E-state index contributed by atoms with van der Waals surface area (Å²) in [5, 5.41) is 2.13. The van der Waals surface area contributed by atoms with Crippen molar-refractivity contribution in [2.75, 3.05) is 13.2 Å². The standard InChI is InChI=1S/C12H13F2NO3.ClH/c1-2-17-9-5-3-4-8(6-9)10-12(13,14)7-18-11(16)15-10;/h3-6,10H,2,7H2,1H3,(H,15,16);1H/t10-;/m0./s1. The van der Waals surface area contributed by atoms with Crippen LogP contribution in [0.2, 0.25) is 0 Å². The Morgan fingerprint density at radius 3 is 2.95 bits per heavy atom. The summed E-state index contributed by atoms with van der Waals surface area (Å²) in [5.41, 5.74) is 0.294. The number of alkyl halides is 2. The highest BCUT2D eigenvalue weighted by Crippen LogP contribution is 2.35. The molecule has 4 nitrogen and oxygen atoms in total. The average Bonchev–Trinajstić information content (AvgIpc) is 2.33. The van der Waals surface area contributed by atoms with Crippen molar-refractivity contribution in [3.63, 3.8) is 0 Å². The van der Waals surface area contributed by atoms with Gasteiger partial charge in [-0.05, 0) is 24.6 Å². The topological polar surface area (TPSA) is 47.6 Å². The van der Waals surface area contributed by atoms with Crippen molar-refractivity contribution in [1.29, 1.82) is 0 Å². The number of amides is 1. The van der Waals surface area contributed by atoms with E-state index in [9.17, 15) is 13.6 Å². The third-order valence-corrected chi connectivity index (χ3v) is 2.58. The summed E-state index contributed by atoms with van der Waals surface area (Å²) in [6, 6.07) is 4.91. The SMILES string of the molecule is CCOc1cccc([C@@H]2NC(=O)OCC2(F)F)c1.Cl. The van der Waals surface area contributed by atoms with Crippen molar-refractivity contribution in [2.45, 2.75) is 18.9 Å². The van der Waals surface area contributed by atoms with Gasteiger partial charge in [-0.2, -0.15) is 0 Å². The molecule has 1 aromatic carbocycles. The van der Waals surface area contributed by atoms with Crippen LogP contribution in [0.5, 0.6) is 5.75 Å². The molecule has 0 unspecified atom stereocenters. The van der Waals surface area contributed by atoms with Gasteiger partial charge in [0.25, 0.3) is 0 Å². The van der Waals surface area contributed by atoms with E-state index in [1.807, 2.05) is 0 Å². The van der Waals surface area contributed by atoms with E-state index in [0.29, 0.717) is 17.9 Å². The molecular weight excluding hydrogens is 280 g/mol. The monoisotopic (exact) mass is 293 g/mol. The summed E-state index contributed by atoms with van der Waals surface area (Å²) in [5.74, 6) is -2.65. The number of cyclic esters (lactones) is 1. The van der Waals surface area contributed by atoms with E-state index in [4.69, 9.17) is 4.74 Å². The number of ether oxygens (including phenoxy) is 2. The molecule has 1 N–H and O–H groups in total. The van der Waals surface area contributed by atoms with Crippen molar-refractivity contribution in [3.8, 4) is 5.75 Å². The van der Waals surface area contributed by atoms with Crippen LogP contribution in [0.3, 0.4) is 0 Å². The number of rotatable bonds is 3. The number of halogens is 3. The van der Waals surface area contributed by atoms with Gasteiger partial charge < -0.3 is 14.8 Å². The maximum Gasteiger partial charge on any atom is 0.408 e. The van der Waals surface area contributed by atoms with E-state index >= 15 is 0 Å². The zero-order valence-electron chi connectivity index (χ0n) is 10.2. The van der Waals surface area contributed by atoms with Gasteiger partial charge in [0, 0.05) is 0 Å². The molecule has 1 amide bonds. The molecule has 0 aliphatic carbocycles. The van der Waals surface area contributed by atoms with E-state index in [0.717, 1.165) is 0 Å². The quantitative estimate of drug-likeness (QED) is 0.932. The summed E-state index contributed by atoms with van der Waals surface area (Å²) in [7, 11) is 0. The molecule has 106 valence electrons. The second kappa shape index (κ2) is 6.06. The summed E-state index contributed by atoms with van der Waals surface area (Å²) >= 11 is 0. The minimum Gasteiger partial charge on any atom is -0.494 e. The normalized spacial score (nSPS) is 20.8. The Morgan fingerprint density at radius 2 is 2.26 bits per heavy atom. The largest absolute Gasteiger partial charge is 0.494 e. The number of carbonyl (C=O) groups excluding carboxylic acids is 1. The molecule has 0 radical (unpaired) electrons. The molecule has 19 heavy (non-hydrogen) atoms. The predicted molar refractivity (Wildman–Crippen MR) is 67.0 cm³/mol. The van der Waals surface area contributed by atoms with Crippen molar-refractivity contribution >= 4 is 18.5 Å². The fourth-order valence-electron chi connectivity index (χ4n) is 1.79. The fourth-order valence-corrected chi connectivity index (χ4v) is 1.79. The lowest BCUT2D eigenvalue weighted by Crippen LogP contribution is -2.49. The zero-order valence-corrected chi connectivity index (χ0v) is 11.0. The molecule has 1 aliphatic heterocycles. The number of benzene rings is 1. The second-order valence-corrected chi connectivity index (χ2v) is 3.92. The zero-order chi connectivity index (χ0) is 13.2. The fraction of sp³-hybridized carbons (Fsp3) is 0.417. The van der Waals surface area contributed by atoms with Gasteiger partial charge in [-0.25, -0.2) is 13.6 Å². The smallest absolute Gasteiger partial charge is 0.408 e. The van der Waals surface area contributed by atoms with Crippen LogP contribution >= 0.6 is 12.4 Å². The van der Waals surface area contributed by atoms with E-state index < -0.39 is 24.7 Å². The minimum atomic E-state index is -3.14. The number of hydrogen-bond acceptors (Lipinski definition) is 3. The van der Waals surface area contributed by atoms with Crippen molar-refractivity contribution < 1.29 is 23.0 Å². The molecule has 0 saturated carbocycles. The first-order chi connectivity index (χ1) is 8.53. The number of carbonyl (C=O) groups is 1. The van der Waals surface area contributed by atoms with E-state index in [2.05, 4.69) is 10.1 Å². The van der Waals surface area contributed by atoms with Gasteiger partial charge in [0.1, 0.15) is 11.8 Å². The van der Waals surface area contributed by atoms with Crippen LogP contribution in [0.4, 0.5) is 13.6 Å². The Kier molecular flexibility index (Phi) is 4.94. The summed E-state index contributed by atoms with van der Waals surface area (Å²) in [6.45, 7) is 1.33. The highest BCUT2D eigenvalue weighted by atomic mass is 35.5. The number of nitrogens with one attached hydrogen (secondary N) is 1. The third kappa shape index (κ3) is 3.47. The van der Waals surface area contributed by atoms with E-state index in [1.165, 1.54) is 12.1 Å². The summed E-state index contributed by atoms with van der Waals surface area (Å²) in [4.78, 5) is 11.0. The molecule has 1 heterocycles. The van der Waals surface area contributed by atoms with Gasteiger partial charge >= 0.3 is 12.0 Å². The molecule has 0 bridgehead atoms. The van der Waals surface area contributed by atoms with Crippen LogP contribution in [-0.2, 0) is 4.74 Å². The molecule has 0 aromatic heterocycles. The van der Waals surface area contributed by atoms with Crippen molar-refractivity contribution in [1.82, 2.24) is 5.32 Å². The maximum absolute atomic E-state index is 13.7. The lowest BCUT2D eigenvalue weighted by atomic mass is 10.00. The molecule has 0 spiro atoms. The highest BCUT2D eigenvalue weighted by molar-refractivity contribution is 5.85. The maximum atomic E-state index is 13.7.